The first-order valence-corrected chi connectivity index (χ1v) is 24.0. The molecule has 0 radical (unpaired) electrons. The zero-order chi connectivity index (χ0) is 39.1. The predicted octanol–water partition coefficient (Wildman–Crippen LogP) is 12.7. The van der Waals surface area contributed by atoms with Crippen molar-refractivity contribution in [2.75, 3.05) is 0 Å². The summed E-state index contributed by atoms with van der Waals surface area (Å²) in [5.74, 6) is 2.61. The Kier molecular flexibility index (Phi) is 6.76. The van der Waals surface area contributed by atoms with Gasteiger partial charge >= 0.3 is 0 Å². The minimum atomic E-state index is -1.36. The smallest absolute Gasteiger partial charge is 0.244 e. The molecule has 0 saturated heterocycles. The van der Waals surface area contributed by atoms with Crippen LogP contribution >= 0.6 is 32.3 Å². The quantitative estimate of drug-likeness (QED) is 0.145. The van der Waals surface area contributed by atoms with E-state index in [-0.39, 0.29) is 0 Å². The molecular weight excluding hydrogens is 828 g/mol. The van der Waals surface area contributed by atoms with Crippen LogP contribution in [0, 0.1) is 0 Å². The van der Waals surface area contributed by atoms with Crippen LogP contribution in [0.2, 0.25) is 0 Å². The molecule has 14 aromatic rings. The Labute approximate surface area is 343 Å². The molecule has 0 unspecified atom stereocenters. The van der Waals surface area contributed by atoms with E-state index in [4.69, 9.17) is 18.1 Å². The third kappa shape index (κ3) is 4.48. The number of benzene rings is 2. The Morgan fingerprint density at radius 3 is 0.600 bits per heavy atom. The minimum absolute atomic E-state index is 0.653. The van der Waals surface area contributed by atoms with Gasteiger partial charge in [-0.1, -0.05) is 12.1 Å². The fourth-order valence-electron chi connectivity index (χ4n) is 8.73. The topological polar surface area (TPSA) is 72.2 Å². The Morgan fingerprint density at radius 2 is 0.417 bits per heavy atom. The standard InChI is InChI=1S/C44H30N8O4P4/c1-19-39(53-57-45-23-3-11-31(45)32-12-4-24-46(32)57)43(40(20-1)54-58-47-25-5-13-33(47)34-14-6-26-48(34)58)44-41(55-59-49-27-7-15-35(49)36-16-8-28-50(36)59)21-2-22-42(44)56-60-51-29-9-17-37(51)38-18-10-30-52(38)60/h1-30H. The lowest BCUT2D eigenvalue weighted by atomic mass is 10.0. The molecule has 0 amide bonds. The van der Waals surface area contributed by atoms with Gasteiger partial charge in [0.25, 0.3) is 0 Å². The maximum atomic E-state index is 7.35. The number of rotatable bonds is 9. The largest absolute Gasteiger partial charge is 0.416 e. The Bertz CT molecular complexity index is 3260. The van der Waals surface area contributed by atoms with Crippen molar-refractivity contribution in [1.29, 1.82) is 0 Å². The summed E-state index contributed by atoms with van der Waals surface area (Å²) in [4.78, 5) is 0. The minimum Gasteiger partial charge on any atom is -0.416 e. The molecule has 290 valence electrons. The zero-order valence-electron chi connectivity index (χ0n) is 31.3. The van der Waals surface area contributed by atoms with E-state index in [1.807, 2.05) is 36.4 Å². The maximum Gasteiger partial charge on any atom is 0.244 e. The first-order valence-electron chi connectivity index (χ1n) is 19.4. The van der Waals surface area contributed by atoms with E-state index >= 15 is 0 Å². The summed E-state index contributed by atoms with van der Waals surface area (Å²) < 4.78 is 47.2. The molecule has 2 aromatic carbocycles. The van der Waals surface area contributed by atoms with Gasteiger partial charge in [-0.15, -0.1) is 0 Å². The highest BCUT2D eigenvalue weighted by atomic mass is 31.1. The molecule has 60 heavy (non-hydrogen) atoms. The molecule has 0 aliphatic heterocycles. The van der Waals surface area contributed by atoms with Crippen molar-refractivity contribution in [1.82, 2.24) is 33.3 Å². The first-order chi connectivity index (χ1) is 29.8. The van der Waals surface area contributed by atoms with E-state index in [1.54, 1.807) is 0 Å². The molecule has 0 spiro atoms. The van der Waals surface area contributed by atoms with Gasteiger partial charge in [-0.25, -0.2) is 0 Å². The molecule has 0 atom stereocenters. The molecule has 0 aliphatic carbocycles. The van der Waals surface area contributed by atoms with Crippen molar-refractivity contribution in [3.63, 3.8) is 0 Å². The third-order valence-electron chi connectivity index (χ3n) is 11.3. The summed E-state index contributed by atoms with van der Waals surface area (Å²) in [7, 11) is -5.43. The van der Waals surface area contributed by atoms with Crippen LogP contribution in [0.5, 0.6) is 23.0 Å². The Balaban J connectivity index is 1.05. The van der Waals surface area contributed by atoms with Crippen molar-refractivity contribution < 1.29 is 18.1 Å². The Hall–Kier alpha value is -6.92. The molecule has 12 aromatic heterocycles. The average molecular weight is 859 g/mol. The van der Waals surface area contributed by atoms with Crippen LogP contribution in [0.1, 0.15) is 0 Å². The van der Waals surface area contributed by atoms with E-state index in [9.17, 15) is 0 Å². The molecule has 12 nitrogen and oxygen atoms in total. The lowest BCUT2D eigenvalue weighted by Gasteiger charge is -2.21. The summed E-state index contributed by atoms with van der Waals surface area (Å²) >= 11 is 0. The maximum absolute atomic E-state index is 7.35. The molecule has 14 rings (SSSR count). The fraction of sp³-hybridized carbons (Fsp3) is 0. The number of hydrogen-bond acceptors (Lipinski definition) is 4. The van der Waals surface area contributed by atoms with Crippen molar-refractivity contribution in [2.24, 2.45) is 0 Å². The van der Waals surface area contributed by atoms with Crippen LogP contribution in [0.15, 0.2) is 183 Å². The van der Waals surface area contributed by atoms with Gasteiger partial charge in [-0.2, -0.15) is 0 Å². The highest BCUT2D eigenvalue weighted by Gasteiger charge is 2.29. The zero-order valence-corrected chi connectivity index (χ0v) is 34.9. The average Bonchev–Trinajstić information content (AvgIpc) is 4.09. The predicted molar refractivity (Wildman–Crippen MR) is 240 cm³/mol. The number of aromatic nitrogens is 8. The van der Waals surface area contributed by atoms with Crippen LogP contribution in [0.4, 0.5) is 0 Å². The van der Waals surface area contributed by atoms with E-state index < -0.39 is 32.3 Å². The second-order valence-corrected chi connectivity index (χ2v) is 20.7. The second kappa shape index (κ2) is 12.3. The van der Waals surface area contributed by atoms with Gasteiger partial charge in [0, 0.05) is 49.6 Å². The number of hydrogen-bond donors (Lipinski definition) is 0. The van der Waals surface area contributed by atoms with Gasteiger partial charge in [0.1, 0.15) is 23.0 Å². The van der Waals surface area contributed by atoms with Crippen molar-refractivity contribution in [2.45, 2.75) is 0 Å². The van der Waals surface area contributed by atoms with E-state index in [0.29, 0.717) is 23.0 Å². The highest BCUT2D eigenvalue weighted by Crippen LogP contribution is 2.55. The SMILES string of the molecule is c1cc(Op2n3cccc3c3cccn32)c(-c2c(Op3n4cccc4c4cccn43)cccc2Op2n3cccc3c3cccn32)c(Op2n3cccc3c3cccn32)c1. The first kappa shape index (κ1) is 33.0. The van der Waals surface area contributed by atoms with E-state index in [1.165, 1.54) is 0 Å². The molecule has 12 heterocycles. The van der Waals surface area contributed by atoms with Crippen LogP contribution in [0.25, 0.3) is 55.3 Å². The lowest BCUT2D eigenvalue weighted by molar-refractivity contribution is 0.577. The molecule has 16 heteroatoms. The van der Waals surface area contributed by atoms with E-state index in [0.717, 1.165) is 55.3 Å². The lowest BCUT2D eigenvalue weighted by Crippen LogP contribution is -1.99. The third-order valence-corrected chi connectivity index (χ3v) is 18.5. The molecule has 0 saturated carbocycles. The van der Waals surface area contributed by atoms with Crippen molar-refractivity contribution in [3.8, 4) is 34.1 Å². The van der Waals surface area contributed by atoms with Gasteiger partial charge in [-0.3, -0.25) is 33.3 Å². The summed E-state index contributed by atoms with van der Waals surface area (Å²) in [5.41, 5.74) is 10.4. The summed E-state index contributed by atoms with van der Waals surface area (Å²) in [6, 6.07) is 46.0. The molecule has 0 fully saturated rings. The van der Waals surface area contributed by atoms with Crippen LogP contribution in [-0.4, -0.2) is 33.3 Å². The fourth-order valence-corrected chi connectivity index (χ4v) is 15.9. The van der Waals surface area contributed by atoms with Gasteiger partial charge in [0.2, 0.25) is 32.3 Å². The highest BCUT2D eigenvalue weighted by molar-refractivity contribution is 7.39. The molecule has 0 aliphatic rings. The van der Waals surface area contributed by atoms with Gasteiger partial charge in [0.15, 0.2) is 0 Å². The van der Waals surface area contributed by atoms with Crippen LogP contribution < -0.4 is 18.1 Å². The monoisotopic (exact) mass is 858 g/mol. The van der Waals surface area contributed by atoms with Crippen LogP contribution in [-0.2, 0) is 0 Å². The summed E-state index contributed by atoms with van der Waals surface area (Å²) in [6.07, 6.45) is 16.8. The van der Waals surface area contributed by atoms with Crippen molar-refractivity contribution in [3.05, 3.63) is 183 Å². The number of fused-ring (bicyclic) bond motifs is 12. The Morgan fingerprint density at radius 1 is 0.233 bits per heavy atom. The summed E-state index contributed by atoms with van der Waals surface area (Å²) in [5, 5.41) is 0. The molecule has 0 bridgehead atoms. The van der Waals surface area contributed by atoms with Crippen molar-refractivity contribution >= 4 is 76.4 Å². The molecule has 0 N–H and O–H groups in total. The second-order valence-electron chi connectivity index (χ2n) is 14.5. The summed E-state index contributed by atoms with van der Waals surface area (Å²) in [6.45, 7) is 0. The normalized spacial score (nSPS) is 12.3. The van der Waals surface area contributed by atoms with Crippen LogP contribution in [0.3, 0.4) is 0 Å². The van der Waals surface area contributed by atoms with Gasteiger partial charge in [0.05, 0.1) is 55.3 Å². The van der Waals surface area contributed by atoms with Gasteiger partial charge < -0.3 is 18.1 Å². The van der Waals surface area contributed by atoms with Gasteiger partial charge in [-0.05, 0) is 121 Å². The molecular formula is C44H30N8O4P4. The van der Waals surface area contributed by atoms with E-state index in [2.05, 4.69) is 180 Å². The number of nitrogens with zero attached hydrogens (tertiary/aromatic N) is 8.